The summed E-state index contributed by atoms with van der Waals surface area (Å²) in [6.45, 7) is 3.90. The Hall–Kier alpha value is -0.120. The second kappa shape index (κ2) is 11.6. The van der Waals surface area contributed by atoms with E-state index in [1.165, 1.54) is 0 Å². The van der Waals surface area contributed by atoms with Crippen LogP contribution in [0.4, 0.5) is 0 Å². The van der Waals surface area contributed by atoms with Crippen molar-refractivity contribution in [3.63, 3.8) is 0 Å². The summed E-state index contributed by atoms with van der Waals surface area (Å²) >= 11 is 0. The summed E-state index contributed by atoms with van der Waals surface area (Å²) in [6, 6.07) is 0. The number of nitrogens with zero attached hydrogens (tertiary/aromatic N) is 1. The molecule has 0 saturated carbocycles. The molecule has 0 atom stereocenters. The van der Waals surface area contributed by atoms with Crippen LogP contribution >= 0.6 is 0 Å². The monoisotopic (exact) mass is 148 g/mol. The van der Waals surface area contributed by atoms with E-state index in [9.17, 15) is 0 Å². The van der Waals surface area contributed by atoms with Crippen molar-refractivity contribution in [3.8, 4) is 0 Å². The Kier molecular flexibility index (Phi) is 14.6. The second-order valence-electron chi connectivity index (χ2n) is 2.32. The van der Waals surface area contributed by atoms with E-state index in [2.05, 4.69) is 6.92 Å². The normalized spacial score (nSPS) is 9.00. The third-order valence-corrected chi connectivity index (χ3v) is 0.836. The third-order valence-electron chi connectivity index (χ3n) is 0.836. The highest BCUT2D eigenvalue weighted by molar-refractivity contribution is 4.34. The minimum atomic E-state index is 0.257. The van der Waals surface area contributed by atoms with Crippen molar-refractivity contribution < 1.29 is 5.11 Å². The lowest BCUT2D eigenvalue weighted by atomic mass is 10.5. The molecule has 0 unspecified atom stereocenters. The molecule has 0 bridgehead atoms. The highest BCUT2D eigenvalue weighted by Gasteiger charge is 1.80. The summed E-state index contributed by atoms with van der Waals surface area (Å²) in [6.07, 6.45) is 1.10. The molecular weight excluding hydrogens is 128 g/mol. The molecule has 0 aromatic carbocycles. The molecule has 0 radical (unpaired) electrons. The van der Waals surface area contributed by atoms with Gasteiger partial charge in [-0.1, -0.05) is 6.92 Å². The van der Waals surface area contributed by atoms with Crippen LogP contribution in [0.25, 0.3) is 0 Å². The minimum Gasteiger partial charge on any atom is -0.395 e. The number of aliphatic hydroxyl groups excluding tert-OH is 1. The maximum Gasteiger partial charge on any atom is 0.0558 e. The molecule has 0 aromatic rings. The summed E-state index contributed by atoms with van der Waals surface area (Å²) in [7, 11) is 3.85. The van der Waals surface area contributed by atoms with E-state index in [4.69, 9.17) is 10.8 Å². The molecule has 10 heavy (non-hydrogen) atoms. The number of rotatable bonds is 3. The minimum absolute atomic E-state index is 0.257. The van der Waals surface area contributed by atoms with Gasteiger partial charge in [0.05, 0.1) is 6.61 Å². The largest absolute Gasteiger partial charge is 0.395 e. The smallest absolute Gasteiger partial charge is 0.0558 e. The van der Waals surface area contributed by atoms with Crippen LogP contribution < -0.4 is 5.73 Å². The lowest BCUT2D eigenvalue weighted by molar-refractivity contribution is 0.243. The summed E-state index contributed by atoms with van der Waals surface area (Å²) in [5, 5.41) is 8.20. The Balaban J connectivity index is 0. The Morgan fingerprint density at radius 2 is 1.80 bits per heavy atom. The Morgan fingerprint density at radius 3 is 1.80 bits per heavy atom. The number of hydrogen-bond acceptors (Lipinski definition) is 3. The lowest BCUT2D eigenvalue weighted by Gasteiger charge is -2.03. The highest BCUT2D eigenvalue weighted by atomic mass is 16.3. The number of nitrogens with two attached hydrogens (primary N) is 1. The average molecular weight is 148 g/mol. The van der Waals surface area contributed by atoms with Gasteiger partial charge in [-0.25, -0.2) is 0 Å². The van der Waals surface area contributed by atoms with Gasteiger partial charge in [0.25, 0.3) is 0 Å². The van der Waals surface area contributed by atoms with Crippen LogP contribution in [0.15, 0.2) is 0 Å². The van der Waals surface area contributed by atoms with Gasteiger partial charge in [-0.3, -0.25) is 0 Å². The van der Waals surface area contributed by atoms with Gasteiger partial charge in [0.15, 0.2) is 0 Å². The van der Waals surface area contributed by atoms with E-state index in [0.717, 1.165) is 19.5 Å². The van der Waals surface area contributed by atoms with E-state index in [1.54, 1.807) is 0 Å². The van der Waals surface area contributed by atoms with Crippen molar-refractivity contribution in [2.75, 3.05) is 33.8 Å². The summed E-state index contributed by atoms with van der Waals surface area (Å²) in [5.74, 6) is 0. The third kappa shape index (κ3) is 24.8. The molecule has 0 aromatic heterocycles. The van der Waals surface area contributed by atoms with E-state index in [1.807, 2.05) is 19.0 Å². The van der Waals surface area contributed by atoms with Gasteiger partial charge in [0, 0.05) is 6.54 Å². The molecule has 0 heterocycles. The molecule has 0 fully saturated rings. The van der Waals surface area contributed by atoms with Crippen molar-refractivity contribution in [1.29, 1.82) is 0 Å². The maximum absolute atomic E-state index is 8.20. The zero-order valence-corrected chi connectivity index (χ0v) is 7.30. The van der Waals surface area contributed by atoms with Crippen molar-refractivity contribution in [2.45, 2.75) is 13.3 Å². The number of likely N-dealkylation sites (N-methyl/N-ethyl adjacent to an activating group) is 1. The molecule has 0 spiro atoms. The van der Waals surface area contributed by atoms with Gasteiger partial charge in [0.2, 0.25) is 0 Å². The molecule has 3 N–H and O–H groups in total. The van der Waals surface area contributed by atoms with Crippen LogP contribution in [0.2, 0.25) is 0 Å². The van der Waals surface area contributed by atoms with Gasteiger partial charge < -0.3 is 15.7 Å². The zero-order valence-electron chi connectivity index (χ0n) is 7.30. The van der Waals surface area contributed by atoms with Gasteiger partial charge in [-0.05, 0) is 27.1 Å². The van der Waals surface area contributed by atoms with Crippen LogP contribution in [0.5, 0.6) is 0 Å². The lowest BCUT2D eigenvalue weighted by Crippen LogP contribution is -2.15. The molecule has 0 saturated heterocycles. The van der Waals surface area contributed by atoms with Crippen LogP contribution in [0.3, 0.4) is 0 Å². The van der Waals surface area contributed by atoms with Gasteiger partial charge >= 0.3 is 0 Å². The fraction of sp³-hybridized carbons (Fsp3) is 1.00. The topological polar surface area (TPSA) is 49.5 Å². The molecule has 0 rings (SSSR count). The first-order valence-corrected chi connectivity index (χ1v) is 3.64. The highest BCUT2D eigenvalue weighted by Crippen LogP contribution is 1.66. The number of aliphatic hydroxyl groups is 1. The first-order valence-electron chi connectivity index (χ1n) is 3.64. The van der Waals surface area contributed by atoms with Gasteiger partial charge in [-0.2, -0.15) is 0 Å². The molecule has 0 aliphatic carbocycles. The number of hydrogen-bond donors (Lipinski definition) is 2. The van der Waals surface area contributed by atoms with Crippen molar-refractivity contribution >= 4 is 0 Å². The van der Waals surface area contributed by atoms with Gasteiger partial charge in [-0.15, -0.1) is 0 Å². The fourth-order valence-electron chi connectivity index (χ4n) is 0.200. The average Bonchev–Trinajstić information content (AvgIpc) is 1.89. The van der Waals surface area contributed by atoms with Crippen LogP contribution in [0.1, 0.15) is 13.3 Å². The molecular formula is C7H20N2O. The van der Waals surface area contributed by atoms with Crippen LogP contribution in [-0.2, 0) is 0 Å². The summed E-state index contributed by atoms with van der Waals surface area (Å²) < 4.78 is 0. The SMILES string of the molecule is CCCN.CN(C)CCO. The van der Waals surface area contributed by atoms with Crippen LogP contribution in [0, 0.1) is 0 Å². The van der Waals surface area contributed by atoms with E-state index < -0.39 is 0 Å². The zero-order chi connectivity index (χ0) is 8.41. The molecule has 64 valence electrons. The van der Waals surface area contributed by atoms with E-state index >= 15 is 0 Å². The summed E-state index contributed by atoms with van der Waals surface area (Å²) in [4.78, 5) is 1.93. The summed E-state index contributed by atoms with van der Waals surface area (Å²) in [5.41, 5.74) is 5.03. The molecule has 0 amide bonds. The first kappa shape index (κ1) is 12.5. The Labute approximate surface area is 63.8 Å². The van der Waals surface area contributed by atoms with Crippen LogP contribution in [-0.4, -0.2) is 43.8 Å². The second-order valence-corrected chi connectivity index (χ2v) is 2.32. The molecule has 0 aliphatic rings. The predicted octanol–water partition coefficient (Wildman–Crippen LogP) is -0.105. The van der Waals surface area contributed by atoms with Crippen molar-refractivity contribution in [1.82, 2.24) is 4.90 Å². The Morgan fingerprint density at radius 1 is 1.40 bits per heavy atom. The van der Waals surface area contributed by atoms with E-state index in [0.29, 0.717) is 0 Å². The fourth-order valence-corrected chi connectivity index (χ4v) is 0.200. The molecule has 0 aliphatic heterocycles. The van der Waals surface area contributed by atoms with E-state index in [-0.39, 0.29) is 6.61 Å². The van der Waals surface area contributed by atoms with Crippen molar-refractivity contribution in [2.24, 2.45) is 5.73 Å². The molecule has 3 nitrogen and oxygen atoms in total. The Bertz CT molecular complexity index is 46.9. The van der Waals surface area contributed by atoms with Crippen molar-refractivity contribution in [3.05, 3.63) is 0 Å². The molecule has 3 heteroatoms. The predicted molar refractivity (Wildman–Crippen MR) is 45.0 cm³/mol. The standard InChI is InChI=1S/C4H11NO.C3H9N/c1-5(2)3-4-6;1-2-3-4/h6H,3-4H2,1-2H3;2-4H2,1H3. The quantitative estimate of drug-likeness (QED) is 0.587. The maximum atomic E-state index is 8.20. The first-order chi connectivity index (χ1) is 4.68. The van der Waals surface area contributed by atoms with Gasteiger partial charge in [0.1, 0.15) is 0 Å².